The summed E-state index contributed by atoms with van der Waals surface area (Å²) in [7, 11) is -0.732. The van der Waals surface area contributed by atoms with Crippen molar-refractivity contribution < 1.29 is 22.7 Å². The number of benzene rings is 2. The van der Waals surface area contributed by atoms with Gasteiger partial charge in [-0.2, -0.15) is 5.10 Å². The Morgan fingerprint density at radius 2 is 1.74 bits per heavy atom. The Balaban J connectivity index is 1.67. The van der Waals surface area contributed by atoms with Gasteiger partial charge in [-0.25, -0.2) is 17.4 Å². The molecule has 216 valence electrons. The lowest BCUT2D eigenvalue weighted by Gasteiger charge is -2.19. The van der Waals surface area contributed by atoms with Crippen LogP contribution in [0.5, 0.6) is 5.75 Å². The molecule has 0 aliphatic carbocycles. The van der Waals surface area contributed by atoms with Gasteiger partial charge in [0.2, 0.25) is 0 Å². The van der Waals surface area contributed by atoms with Gasteiger partial charge < -0.3 is 14.0 Å². The molecule has 0 aliphatic rings. The molecule has 0 unspecified atom stereocenters. The monoisotopic (exact) mass is 585 g/mol. The second-order valence-electron chi connectivity index (χ2n) is 11.3. The topological polar surface area (TPSA) is 110 Å². The third kappa shape index (κ3) is 4.59. The van der Waals surface area contributed by atoms with Crippen LogP contribution >= 0.6 is 0 Å². The summed E-state index contributed by atoms with van der Waals surface area (Å²) in [5.41, 5.74) is 3.04. The number of carbonyl (C=O) groups excluding carboxylic acids is 1. The van der Waals surface area contributed by atoms with Crippen LogP contribution in [-0.4, -0.2) is 50.4 Å². The highest BCUT2D eigenvalue weighted by Gasteiger charge is 2.29. The van der Waals surface area contributed by atoms with Gasteiger partial charge >= 0.3 is 5.97 Å². The molecule has 2 aromatic carbocycles. The average molecular weight is 586 g/mol. The summed E-state index contributed by atoms with van der Waals surface area (Å²) in [6, 6.07) is 14.0. The van der Waals surface area contributed by atoms with E-state index in [1.54, 1.807) is 65.3 Å². The molecule has 0 amide bonds. The molecule has 0 bridgehead atoms. The zero-order chi connectivity index (χ0) is 30.0. The number of fused-ring (bicyclic) bond motifs is 4. The first-order valence-corrected chi connectivity index (χ1v) is 14.8. The minimum Gasteiger partial charge on any atom is -0.497 e. The van der Waals surface area contributed by atoms with E-state index in [9.17, 15) is 13.2 Å². The van der Waals surface area contributed by atoms with Crippen LogP contribution < -0.4 is 4.74 Å². The van der Waals surface area contributed by atoms with E-state index in [2.05, 4.69) is 10.1 Å². The first-order chi connectivity index (χ1) is 19.9. The van der Waals surface area contributed by atoms with E-state index >= 15 is 0 Å². The number of carbonyl (C=O) groups is 1. The normalized spacial score (nSPS) is 12.4. The van der Waals surface area contributed by atoms with Gasteiger partial charge in [0.15, 0.2) is 5.65 Å². The fraction of sp³-hybridized carbons (Fsp3) is 0.258. The van der Waals surface area contributed by atoms with Crippen LogP contribution in [0.3, 0.4) is 0 Å². The maximum atomic E-state index is 14.4. The number of aryl methyl sites for hydroxylation is 2. The van der Waals surface area contributed by atoms with Crippen molar-refractivity contribution in [2.75, 3.05) is 7.11 Å². The number of rotatable bonds is 6. The Morgan fingerprint density at radius 3 is 2.43 bits per heavy atom. The summed E-state index contributed by atoms with van der Waals surface area (Å²) in [6.45, 7) is 7.29. The highest BCUT2D eigenvalue weighted by Crippen LogP contribution is 2.39. The highest BCUT2D eigenvalue weighted by atomic mass is 32.2. The van der Waals surface area contributed by atoms with Gasteiger partial charge in [-0.15, -0.1) is 0 Å². The Kier molecular flexibility index (Phi) is 6.38. The number of hydrogen-bond donors (Lipinski definition) is 0. The second-order valence-corrected chi connectivity index (χ2v) is 13.1. The molecule has 0 aliphatic heterocycles. The molecule has 10 nitrogen and oxygen atoms in total. The van der Waals surface area contributed by atoms with Gasteiger partial charge in [0.1, 0.15) is 17.9 Å². The number of nitrogens with zero attached hydrogens (tertiary/aromatic N) is 5. The van der Waals surface area contributed by atoms with Crippen molar-refractivity contribution in [2.24, 2.45) is 7.05 Å². The van der Waals surface area contributed by atoms with Gasteiger partial charge in [-0.05, 0) is 64.1 Å². The van der Waals surface area contributed by atoms with Gasteiger partial charge in [0.25, 0.3) is 10.0 Å². The smallest absolute Gasteiger partial charge is 0.326 e. The molecule has 6 rings (SSSR count). The van der Waals surface area contributed by atoms with Crippen molar-refractivity contribution in [3.05, 3.63) is 72.7 Å². The Labute approximate surface area is 243 Å². The number of esters is 1. The Morgan fingerprint density at radius 1 is 1.00 bits per heavy atom. The summed E-state index contributed by atoms with van der Waals surface area (Å²) >= 11 is 0. The number of methoxy groups -OCH3 is 1. The quantitative estimate of drug-likeness (QED) is 0.239. The molecule has 0 N–H and O–H groups in total. The van der Waals surface area contributed by atoms with Crippen molar-refractivity contribution >= 4 is 48.8 Å². The van der Waals surface area contributed by atoms with E-state index in [4.69, 9.17) is 9.47 Å². The molecule has 4 heterocycles. The highest BCUT2D eigenvalue weighted by molar-refractivity contribution is 7.90. The molecule has 0 saturated carbocycles. The zero-order valence-electron chi connectivity index (χ0n) is 24.2. The first-order valence-electron chi connectivity index (χ1n) is 13.4. The lowest BCUT2D eigenvalue weighted by Crippen LogP contribution is -2.26. The minimum atomic E-state index is -4.11. The number of ether oxygens (including phenoxy) is 2. The SMILES string of the molecule is COc1ccc2c(c1)c(-c1cc3c4c(cnc3n1S(=O)(=O)c1ccc(C)cc1)cnn4C)cn2CC(=O)OC(C)(C)C. The summed E-state index contributed by atoms with van der Waals surface area (Å²) in [5, 5.41) is 6.50. The van der Waals surface area contributed by atoms with E-state index in [0.29, 0.717) is 27.8 Å². The third-order valence-corrected chi connectivity index (χ3v) is 8.84. The molecular formula is C31H31N5O5S. The van der Waals surface area contributed by atoms with Gasteiger partial charge in [0, 0.05) is 46.7 Å². The van der Waals surface area contributed by atoms with E-state index in [-0.39, 0.29) is 17.1 Å². The van der Waals surface area contributed by atoms with Gasteiger partial charge in [-0.3, -0.25) is 9.48 Å². The molecule has 11 heteroatoms. The van der Waals surface area contributed by atoms with Gasteiger partial charge in [0.05, 0.1) is 29.4 Å². The fourth-order valence-electron chi connectivity index (χ4n) is 5.29. The first kappa shape index (κ1) is 27.5. The molecular weight excluding hydrogens is 554 g/mol. The van der Waals surface area contributed by atoms with Crippen LogP contribution in [0.15, 0.2) is 72.0 Å². The molecule has 0 radical (unpaired) electrons. The maximum absolute atomic E-state index is 14.4. The van der Waals surface area contributed by atoms with Crippen LogP contribution in [-0.2, 0) is 33.1 Å². The van der Waals surface area contributed by atoms with Crippen LogP contribution in [0.1, 0.15) is 26.3 Å². The van der Waals surface area contributed by atoms with Crippen molar-refractivity contribution in [1.29, 1.82) is 0 Å². The van der Waals surface area contributed by atoms with E-state index in [1.165, 1.54) is 3.97 Å². The molecule has 0 fully saturated rings. The number of aromatic nitrogens is 5. The van der Waals surface area contributed by atoms with Crippen molar-refractivity contribution in [3.63, 3.8) is 0 Å². The molecule has 0 saturated heterocycles. The second kappa shape index (κ2) is 9.73. The molecule has 0 spiro atoms. The summed E-state index contributed by atoms with van der Waals surface area (Å²) < 4.78 is 44.6. The zero-order valence-corrected chi connectivity index (χ0v) is 25.1. The molecule has 42 heavy (non-hydrogen) atoms. The van der Waals surface area contributed by atoms with Crippen LogP contribution in [0.4, 0.5) is 0 Å². The standard InChI is InChI=1S/C31H31N5O5S/c1-19-7-10-22(11-8-19)42(38,39)36-27(14-24-29-20(15-32-30(24)36)16-33-34(29)5)25-17-35(18-28(37)41-31(2,3)4)26-12-9-21(40-6)13-23(25)26/h7-17H,18H2,1-6H3. The largest absolute Gasteiger partial charge is 0.497 e. The van der Waals surface area contributed by atoms with Crippen molar-refractivity contribution in [1.82, 2.24) is 23.3 Å². The van der Waals surface area contributed by atoms with Crippen LogP contribution in [0, 0.1) is 6.92 Å². The third-order valence-electron chi connectivity index (χ3n) is 7.12. The van der Waals surface area contributed by atoms with Crippen molar-refractivity contribution in [3.8, 4) is 17.0 Å². The van der Waals surface area contributed by atoms with Crippen molar-refractivity contribution in [2.45, 2.75) is 44.7 Å². The minimum absolute atomic E-state index is 0.0603. The lowest BCUT2D eigenvalue weighted by atomic mass is 10.1. The van der Waals surface area contributed by atoms with E-state index < -0.39 is 21.6 Å². The van der Waals surface area contributed by atoms with Crippen LogP contribution in [0.2, 0.25) is 0 Å². The Hall–Kier alpha value is -4.64. The molecule has 6 aromatic rings. The Bertz CT molecular complexity index is 2110. The summed E-state index contributed by atoms with van der Waals surface area (Å²) in [6.07, 6.45) is 5.11. The lowest BCUT2D eigenvalue weighted by molar-refractivity contribution is -0.155. The van der Waals surface area contributed by atoms with Gasteiger partial charge in [-0.1, -0.05) is 17.7 Å². The fourth-order valence-corrected chi connectivity index (χ4v) is 6.76. The average Bonchev–Trinajstić information content (AvgIpc) is 3.60. The predicted octanol–water partition coefficient (Wildman–Crippen LogP) is 5.44. The molecule has 0 atom stereocenters. The van der Waals surface area contributed by atoms with Crippen LogP contribution in [0.25, 0.3) is 44.1 Å². The summed E-state index contributed by atoms with van der Waals surface area (Å²) in [5.74, 6) is 0.183. The number of hydrogen-bond acceptors (Lipinski definition) is 7. The number of pyridine rings is 1. The van der Waals surface area contributed by atoms with E-state index in [1.807, 2.05) is 52.9 Å². The van der Waals surface area contributed by atoms with E-state index in [0.717, 1.165) is 22.0 Å². The maximum Gasteiger partial charge on any atom is 0.326 e. The molecule has 4 aromatic heterocycles. The summed E-state index contributed by atoms with van der Waals surface area (Å²) in [4.78, 5) is 17.6. The predicted molar refractivity (Wildman–Crippen MR) is 161 cm³/mol.